The molecule has 19 heavy (non-hydrogen) atoms. The number of aliphatic carboxylic acids is 1. The van der Waals surface area contributed by atoms with Crippen molar-refractivity contribution in [2.24, 2.45) is 0 Å². The van der Waals surface area contributed by atoms with Gasteiger partial charge in [0.2, 0.25) is 0 Å². The van der Waals surface area contributed by atoms with Crippen molar-refractivity contribution in [1.82, 2.24) is 14.2 Å². The summed E-state index contributed by atoms with van der Waals surface area (Å²) in [7, 11) is 0. The SMILES string of the molecule is O=C(O)Cn1ccn2nc(-c3cccs3)cc2c1=O. The quantitative estimate of drug-likeness (QED) is 0.782. The summed E-state index contributed by atoms with van der Waals surface area (Å²) < 4.78 is 2.62. The molecule has 0 aliphatic carbocycles. The third kappa shape index (κ3) is 2.04. The minimum atomic E-state index is -1.05. The van der Waals surface area contributed by atoms with Crippen molar-refractivity contribution >= 4 is 22.8 Å². The van der Waals surface area contributed by atoms with Crippen LogP contribution >= 0.6 is 11.3 Å². The van der Waals surface area contributed by atoms with E-state index in [1.54, 1.807) is 12.3 Å². The number of fused-ring (bicyclic) bond motifs is 1. The second kappa shape index (κ2) is 4.36. The highest BCUT2D eigenvalue weighted by molar-refractivity contribution is 7.13. The molecule has 0 amide bonds. The summed E-state index contributed by atoms with van der Waals surface area (Å²) in [6.07, 6.45) is 3.01. The Bertz CT molecular complexity index is 801. The van der Waals surface area contributed by atoms with Crippen LogP contribution in [0.4, 0.5) is 0 Å². The number of hydrogen-bond donors (Lipinski definition) is 1. The maximum atomic E-state index is 12.1. The van der Waals surface area contributed by atoms with Gasteiger partial charge in [-0.2, -0.15) is 5.10 Å². The average Bonchev–Trinajstić information content (AvgIpc) is 3.00. The molecule has 3 aromatic heterocycles. The van der Waals surface area contributed by atoms with E-state index in [-0.39, 0.29) is 12.1 Å². The van der Waals surface area contributed by atoms with E-state index in [0.29, 0.717) is 11.2 Å². The first-order valence-electron chi connectivity index (χ1n) is 5.49. The molecule has 96 valence electrons. The summed E-state index contributed by atoms with van der Waals surface area (Å²) in [6, 6.07) is 5.50. The van der Waals surface area contributed by atoms with Crippen molar-refractivity contribution in [2.45, 2.75) is 6.54 Å². The van der Waals surface area contributed by atoms with Crippen molar-refractivity contribution in [3.8, 4) is 10.6 Å². The first kappa shape index (κ1) is 11.7. The van der Waals surface area contributed by atoms with Crippen LogP contribution in [0, 0.1) is 0 Å². The molecule has 0 saturated heterocycles. The molecule has 3 heterocycles. The lowest BCUT2D eigenvalue weighted by molar-refractivity contribution is -0.137. The van der Waals surface area contributed by atoms with Crippen LogP contribution in [-0.2, 0) is 11.3 Å². The Morgan fingerprint density at radius 3 is 2.95 bits per heavy atom. The number of hydrogen-bond acceptors (Lipinski definition) is 4. The molecule has 0 bridgehead atoms. The zero-order chi connectivity index (χ0) is 13.4. The van der Waals surface area contributed by atoms with Gasteiger partial charge in [-0.05, 0) is 17.5 Å². The molecule has 0 aliphatic rings. The lowest BCUT2D eigenvalue weighted by Gasteiger charge is -2.01. The van der Waals surface area contributed by atoms with E-state index < -0.39 is 5.97 Å². The maximum absolute atomic E-state index is 12.1. The van der Waals surface area contributed by atoms with Crippen LogP contribution in [0.5, 0.6) is 0 Å². The Kier molecular flexibility index (Phi) is 2.68. The summed E-state index contributed by atoms with van der Waals surface area (Å²) in [4.78, 5) is 23.7. The van der Waals surface area contributed by atoms with Gasteiger partial charge in [-0.15, -0.1) is 11.3 Å². The smallest absolute Gasteiger partial charge is 0.323 e. The monoisotopic (exact) mass is 275 g/mol. The summed E-state index contributed by atoms with van der Waals surface area (Å²) in [6.45, 7) is -0.352. The van der Waals surface area contributed by atoms with Gasteiger partial charge in [-0.3, -0.25) is 9.59 Å². The van der Waals surface area contributed by atoms with Crippen molar-refractivity contribution in [2.75, 3.05) is 0 Å². The molecule has 7 heteroatoms. The van der Waals surface area contributed by atoms with Crippen molar-refractivity contribution in [1.29, 1.82) is 0 Å². The lowest BCUT2D eigenvalue weighted by Crippen LogP contribution is -2.24. The van der Waals surface area contributed by atoms with E-state index in [1.807, 2.05) is 17.5 Å². The van der Waals surface area contributed by atoms with Gasteiger partial charge in [0.15, 0.2) is 0 Å². The first-order valence-corrected chi connectivity index (χ1v) is 6.37. The molecule has 0 spiro atoms. The van der Waals surface area contributed by atoms with E-state index in [9.17, 15) is 9.59 Å². The normalized spacial score (nSPS) is 10.9. The predicted molar refractivity (Wildman–Crippen MR) is 70.4 cm³/mol. The third-order valence-electron chi connectivity index (χ3n) is 2.68. The van der Waals surface area contributed by atoms with E-state index in [0.717, 1.165) is 9.44 Å². The Morgan fingerprint density at radius 2 is 2.26 bits per heavy atom. The van der Waals surface area contributed by atoms with Crippen LogP contribution in [0.2, 0.25) is 0 Å². The van der Waals surface area contributed by atoms with Crippen LogP contribution in [0.25, 0.3) is 16.1 Å². The molecule has 0 fully saturated rings. The van der Waals surface area contributed by atoms with E-state index >= 15 is 0 Å². The highest BCUT2D eigenvalue weighted by Crippen LogP contribution is 2.23. The molecule has 6 nitrogen and oxygen atoms in total. The van der Waals surface area contributed by atoms with Gasteiger partial charge in [-0.1, -0.05) is 6.07 Å². The summed E-state index contributed by atoms with van der Waals surface area (Å²) in [5.74, 6) is -1.05. The molecule has 1 N–H and O–H groups in total. The number of aromatic nitrogens is 3. The fourth-order valence-corrected chi connectivity index (χ4v) is 2.52. The molecule has 3 aromatic rings. The second-order valence-corrected chi connectivity index (χ2v) is 4.91. The number of rotatable bonds is 3. The van der Waals surface area contributed by atoms with Gasteiger partial charge in [-0.25, -0.2) is 4.52 Å². The highest BCUT2D eigenvalue weighted by atomic mass is 32.1. The van der Waals surface area contributed by atoms with Crippen LogP contribution < -0.4 is 5.56 Å². The van der Waals surface area contributed by atoms with Gasteiger partial charge in [0.05, 0.1) is 4.88 Å². The number of nitrogens with zero attached hydrogens (tertiary/aromatic N) is 3. The van der Waals surface area contributed by atoms with Crippen molar-refractivity contribution < 1.29 is 9.90 Å². The highest BCUT2D eigenvalue weighted by Gasteiger charge is 2.10. The van der Waals surface area contributed by atoms with E-state index in [4.69, 9.17) is 5.11 Å². The number of carbonyl (C=O) groups is 1. The fourth-order valence-electron chi connectivity index (χ4n) is 1.84. The topological polar surface area (TPSA) is 76.6 Å². The maximum Gasteiger partial charge on any atom is 0.323 e. The molecule has 0 aliphatic heterocycles. The Balaban J connectivity index is 2.16. The minimum absolute atomic E-state index is 0.352. The molecule has 0 aromatic carbocycles. The zero-order valence-electron chi connectivity index (χ0n) is 9.68. The van der Waals surface area contributed by atoms with E-state index in [2.05, 4.69) is 5.10 Å². The van der Waals surface area contributed by atoms with E-state index in [1.165, 1.54) is 22.0 Å². The van der Waals surface area contributed by atoms with Crippen LogP contribution in [0.15, 0.2) is 40.8 Å². The Hall–Kier alpha value is -2.41. The molecular formula is C12H9N3O3S. The lowest BCUT2D eigenvalue weighted by atomic mass is 10.3. The fraction of sp³-hybridized carbons (Fsp3) is 0.0833. The zero-order valence-corrected chi connectivity index (χ0v) is 10.5. The van der Waals surface area contributed by atoms with Gasteiger partial charge < -0.3 is 9.67 Å². The molecule has 0 radical (unpaired) electrons. The number of thiophene rings is 1. The van der Waals surface area contributed by atoms with Gasteiger partial charge in [0.25, 0.3) is 5.56 Å². The van der Waals surface area contributed by atoms with Gasteiger partial charge >= 0.3 is 5.97 Å². The van der Waals surface area contributed by atoms with Crippen molar-refractivity contribution in [3.63, 3.8) is 0 Å². The average molecular weight is 275 g/mol. The van der Waals surface area contributed by atoms with Crippen LogP contribution in [0.1, 0.15) is 0 Å². The van der Waals surface area contributed by atoms with Crippen LogP contribution in [0.3, 0.4) is 0 Å². The second-order valence-electron chi connectivity index (χ2n) is 3.96. The number of carboxylic acid groups (broad SMARTS) is 1. The first-order chi connectivity index (χ1) is 9.15. The standard InChI is InChI=1S/C12H9N3O3S/c16-11(17)7-14-3-4-15-9(12(14)18)6-8(13-15)10-2-1-5-19-10/h1-6H,7H2,(H,16,17). The number of carboxylic acids is 1. The van der Waals surface area contributed by atoms with Crippen LogP contribution in [-0.4, -0.2) is 25.3 Å². The summed E-state index contributed by atoms with van der Waals surface area (Å²) in [5.41, 5.74) is 0.715. The summed E-state index contributed by atoms with van der Waals surface area (Å²) >= 11 is 1.53. The third-order valence-corrected chi connectivity index (χ3v) is 3.58. The Morgan fingerprint density at radius 1 is 1.42 bits per heavy atom. The molecule has 3 rings (SSSR count). The van der Waals surface area contributed by atoms with Crippen molar-refractivity contribution in [3.05, 3.63) is 46.3 Å². The summed E-state index contributed by atoms with van der Waals surface area (Å²) in [5, 5.41) is 15.0. The largest absolute Gasteiger partial charge is 0.480 e. The van der Waals surface area contributed by atoms with Gasteiger partial charge in [0, 0.05) is 12.4 Å². The molecule has 0 saturated carbocycles. The molecular weight excluding hydrogens is 266 g/mol. The Labute approximate surface area is 111 Å². The molecule has 0 atom stereocenters. The van der Waals surface area contributed by atoms with Gasteiger partial charge in [0.1, 0.15) is 17.8 Å². The molecule has 0 unspecified atom stereocenters. The predicted octanol–water partition coefficient (Wildman–Crippen LogP) is 1.31. The minimum Gasteiger partial charge on any atom is -0.480 e.